The number of hydrogen-bond donors (Lipinski definition) is 2. The molecule has 0 bridgehead atoms. The molecule has 0 aliphatic carbocycles. The Balaban J connectivity index is 2.54. The minimum absolute atomic E-state index is 0.247. The van der Waals surface area contributed by atoms with Crippen LogP contribution in [-0.4, -0.2) is 24.8 Å². The predicted octanol–water partition coefficient (Wildman–Crippen LogP) is 1.64. The van der Waals surface area contributed by atoms with Gasteiger partial charge in [-0.25, -0.2) is 0 Å². The van der Waals surface area contributed by atoms with E-state index >= 15 is 0 Å². The fourth-order valence-corrected chi connectivity index (χ4v) is 2.38. The van der Waals surface area contributed by atoms with E-state index < -0.39 is 0 Å². The Hall–Kier alpha value is -0.0800. The van der Waals surface area contributed by atoms with Crippen LogP contribution in [0.1, 0.15) is 33.6 Å². The van der Waals surface area contributed by atoms with Crippen LogP contribution in [0.25, 0.3) is 0 Å². The smallest absolute Gasteiger partial charge is 0.0466 e. The summed E-state index contributed by atoms with van der Waals surface area (Å²) in [6.07, 6.45) is 2.45. The second-order valence-corrected chi connectivity index (χ2v) is 5.24. The van der Waals surface area contributed by atoms with Gasteiger partial charge in [-0.3, -0.25) is 0 Å². The van der Waals surface area contributed by atoms with Crippen LogP contribution in [0.15, 0.2) is 0 Å². The summed E-state index contributed by atoms with van der Waals surface area (Å²) in [5.74, 6) is 1.18. The van der Waals surface area contributed by atoms with Crippen molar-refractivity contribution < 1.29 is 5.11 Å². The highest BCUT2D eigenvalue weighted by Gasteiger charge is 2.32. The van der Waals surface area contributed by atoms with Gasteiger partial charge in [0, 0.05) is 6.61 Å². The second-order valence-electron chi connectivity index (χ2n) is 5.24. The van der Waals surface area contributed by atoms with E-state index in [0.29, 0.717) is 18.4 Å². The Morgan fingerprint density at radius 2 is 1.85 bits per heavy atom. The molecule has 0 spiro atoms. The van der Waals surface area contributed by atoms with E-state index in [4.69, 9.17) is 0 Å². The van der Waals surface area contributed by atoms with Gasteiger partial charge in [0.15, 0.2) is 0 Å². The summed E-state index contributed by atoms with van der Waals surface area (Å²) in [5.41, 5.74) is 0.247. The highest BCUT2D eigenvalue weighted by Crippen LogP contribution is 2.35. The summed E-state index contributed by atoms with van der Waals surface area (Å²) < 4.78 is 0. The maximum atomic E-state index is 9.39. The van der Waals surface area contributed by atoms with E-state index in [1.165, 1.54) is 12.8 Å². The second kappa shape index (κ2) is 4.43. The van der Waals surface area contributed by atoms with Gasteiger partial charge in [-0.2, -0.15) is 0 Å². The van der Waals surface area contributed by atoms with Crippen molar-refractivity contribution in [2.75, 3.05) is 19.7 Å². The number of hydrogen-bond acceptors (Lipinski definition) is 2. The maximum Gasteiger partial charge on any atom is 0.0466 e. The van der Waals surface area contributed by atoms with E-state index in [2.05, 4.69) is 26.1 Å². The molecule has 0 aromatic rings. The van der Waals surface area contributed by atoms with Crippen molar-refractivity contribution in [1.29, 1.82) is 0 Å². The minimum atomic E-state index is 0.247. The lowest BCUT2D eigenvalue weighted by molar-refractivity contribution is 0.0636. The molecule has 1 rings (SSSR count). The highest BCUT2D eigenvalue weighted by molar-refractivity contribution is 4.82. The molecule has 2 nitrogen and oxygen atoms in total. The summed E-state index contributed by atoms with van der Waals surface area (Å²) in [4.78, 5) is 0. The van der Waals surface area contributed by atoms with Crippen molar-refractivity contribution in [3.8, 4) is 0 Å². The quantitative estimate of drug-likeness (QED) is 0.685. The van der Waals surface area contributed by atoms with Crippen LogP contribution < -0.4 is 5.32 Å². The number of aliphatic hydroxyl groups is 1. The third-order valence-electron chi connectivity index (χ3n) is 3.26. The van der Waals surface area contributed by atoms with E-state index in [9.17, 15) is 5.11 Å². The fourth-order valence-electron chi connectivity index (χ4n) is 2.38. The summed E-state index contributed by atoms with van der Waals surface area (Å²) in [6.45, 7) is 9.28. The molecule has 1 atom stereocenters. The van der Waals surface area contributed by atoms with Crippen LogP contribution in [0.4, 0.5) is 0 Å². The molecular weight excluding hydrogens is 162 g/mol. The van der Waals surface area contributed by atoms with E-state index in [1.54, 1.807) is 0 Å². The normalized spacial score (nSPS) is 23.1. The zero-order chi connectivity index (χ0) is 9.90. The number of aliphatic hydroxyl groups excluding tert-OH is 1. The Morgan fingerprint density at radius 1 is 1.31 bits per heavy atom. The summed E-state index contributed by atoms with van der Waals surface area (Å²) in [7, 11) is 0. The zero-order valence-electron chi connectivity index (χ0n) is 9.14. The lowest BCUT2D eigenvalue weighted by atomic mass is 9.70. The van der Waals surface area contributed by atoms with E-state index in [-0.39, 0.29) is 5.41 Å². The monoisotopic (exact) mass is 185 g/mol. The van der Waals surface area contributed by atoms with Gasteiger partial charge in [0.1, 0.15) is 0 Å². The first kappa shape index (κ1) is 11.0. The Morgan fingerprint density at radius 3 is 2.23 bits per heavy atom. The van der Waals surface area contributed by atoms with Crippen molar-refractivity contribution in [1.82, 2.24) is 5.32 Å². The van der Waals surface area contributed by atoms with Crippen LogP contribution in [-0.2, 0) is 0 Å². The number of rotatable bonds is 2. The van der Waals surface area contributed by atoms with Crippen LogP contribution in [0.5, 0.6) is 0 Å². The molecule has 78 valence electrons. The lowest BCUT2D eigenvalue weighted by Gasteiger charge is -2.38. The molecule has 0 aromatic heterocycles. The molecule has 0 radical (unpaired) electrons. The first-order valence-corrected chi connectivity index (χ1v) is 5.37. The molecule has 0 amide bonds. The SMILES string of the molecule is CC(C)(C)C(CO)C1CCNCC1. The molecule has 1 saturated heterocycles. The number of nitrogens with one attached hydrogen (secondary N) is 1. The third kappa shape index (κ3) is 2.96. The van der Waals surface area contributed by atoms with Crippen molar-refractivity contribution in [3.05, 3.63) is 0 Å². The van der Waals surface area contributed by atoms with Crippen molar-refractivity contribution in [3.63, 3.8) is 0 Å². The van der Waals surface area contributed by atoms with Crippen LogP contribution >= 0.6 is 0 Å². The van der Waals surface area contributed by atoms with Crippen molar-refractivity contribution in [2.24, 2.45) is 17.3 Å². The van der Waals surface area contributed by atoms with Gasteiger partial charge in [0.05, 0.1) is 0 Å². The zero-order valence-corrected chi connectivity index (χ0v) is 9.14. The van der Waals surface area contributed by atoms with Gasteiger partial charge < -0.3 is 10.4 Å². The molecule has 2 N–H and O–H groups in total. The van der Waals surface area contributed by atoms with Crippen LogP contribution in [0.2, 0.25) is 0 Å². The maximum absolute atomic E-state index is 9.39. The van der Waals surface area contributed by atoms with Crippen LogP contribution in [0, 0.1) is 17.3 Å². The number of piperidine rings is 1. The first-order chi connectivity index (χ1) is 6.05. The van der Waals surface area contributed by atoms with Gasteiger partial charge in [-0.15, -0.1) is 0 Å². The van der Waals surface area contributed by atoms with Crippen LogP contribution in [0.3, 0.4) is 0 Å². The molecule has 1 fully saturated rings. The average molecular weight is 185 g/mol. The molecule has 2 heteroatoms. The van der Waals surface area contributed by atoms with Crippen molar-refractivity contribution in [2.45, 2.75) is 33.6 Å². The fraction of sp³-hybridized carbons (Fsp3) is 1.00. The highest BCUT2D eigenvalue weighted by atomic mass is 16.3. The molecule has 0 saturated carbocycles. The summed E-state index contributed by atoms with van der Waals surface area (Å²) in [5, 5.41) is 12.8. The summed E-state index contributed by atoms with van der Waals surface area (Å²) in [6, 6.07) is 0. The standard InChI is InChI=1S/C11H23NO/c1-11(2,3)10(8-13)9-4-6-12-7-5-9/h9-10,12-13H,4-8H2,1-3H3. The van der Waals surface area contributed by atoms with Gasteiger partial charge in [0.25, 0.3) is 0 Å². The Bertz CT molecular complexity index is 145. The molecule has 0 aromatic carbocycles. The average Bonchev–Trinajstić information content (AvgIpc) is 2.05. The Labute approximate surface area is 81.7 Å². The summed E-state index contributed by atoms with van der Waals surface area (Å²) >= 11 is 0. The molecule has 1 unspecified atom stereocenters. The topological polar surface area (TPSA) is 32.3 Å². The Kier molecular flexibility index (Phi) is 3.74. The lowest BCUT2D eigenvalue weighted by Crippen LogP contribution is -2.38. The molecular formula is C11H23NO. The third-order valence-corrected chi connectivity index (χ3v) is 3.26. The van der Waals surface area contributed by atoms with E-state index in [1.807, 2.05) is 0 Å². The molecule has 1 aliphatic heterocycles. The molecule has 1 heterocycles. The molecule has 13 heavy (non-hydrogen) atoms. The predicted molar refractivity (Wildman–Crippen MR) is 55.6 cm³/mol. The van der Waals surface area contributed by atoms with Gasteiger partial charge in [0.2, 0.25) is 0 Å². The molecule has 1 aliphatic rings. The largest absolute Gasteiger partial charge is 0.396 e. The van der Waals surface area contributed by atoms with E-state index in [0.717, 1.165) is 13.1 Å². The minimum Gasteiger partial charge on any atom is -0.396 e. The van der Waals surface area contributed by atoms with Gasteiger partial charge in [-0.05, 0) is 43.2 Å². The first-order valence-electron chi connectivity index (χ1n) is 5.37. The van der Waals surface area contributed by atoms with Gasteiger partial charge in [-0.1, -0.05) is 20.8 Å². The van der Waals surface area contributed by atoms with Gasteiger partial charge >= 0.3 is 0 Å². The van der Waals surface area contributed by atoms with Crippen molar-refractivity contribution >= 4 is 0 Å².